The number of hydrogen-bond acceptors (Lipinski definition) is 6. The molecule has 10 heteroatoms. The number of nitrogens with one attached hydrogen (secondary N) is 1. The molecule has 0 fully saturated rings. The first kappa shape index (κ1) is 22.4. The lowest BCUT2D eigenvalue weighted by molar-refractivity contribution is 0.176. The molecule has 0 aliphatic carbocycles. The summed E-state index contributed by atoms with van der Waals surface area (Å²) in [6, 6.07) is 11.7. The zero-order chi connectivity index (χ0) is 21.7. The van der Waals surface area contributed by atoms with E-state index in [1.165, 1.54) is 17.5 Å². The lowest BCUT2D eigenvalue weighted by atomic mass is 10.2. The van der Waals surface area contributed by atoms with E-state index in [-0.39, 0.29) is 41.7 Å². The number of para-hydroxylation sites is 1. The molecule has 0 unspecified atom stereocenters. The summed E-state index contributed by atoms with van der Waals surface area (Å²) in [6.45, 7) is 2.24. The first-order chi connectivity index (χ1) is 14.4. The predicted molar refractivity (Wildman–Crippen MR) is 117 cm³/mol. The molecule has 3 aromatic rings. The van der Waals surface area contributed by atoms with Gasteiger partial charge in [0.05, 0.1) is 30.7 Å². The number of sulfonamides is 1. The number of aromatic amines is 1. The van der Waals surface area contributed by atoms with Crippen molar-refractivity contribution in [1.82, 2.24) is 14.3 Å². The summed E-state index contributed by atoms with van der Waals surface area (Å²) in [5.74, 6) is 0.495. The Morgan fingerprint density at radius 1 is 1.20 bits per heavy atom. The number of methoxy groups -OCH3 is 1. The molecule has 30 heavy (non-hydrogen) atoms. The van der Waals surface area contributed by atoms with Crippen LogP contribution < -0.4 is 10.3 Å². The molecule has 0 saturated carbocycles. The Morgan fingerprint density at radius 3 is 2.70 bits per heavy atom. The van der Waals surface area contributed by atoms with Crippen molar-refractivity contribution in [3.05, 3.63) is 63.1 Å². The third-order valence-electron chi connectivity index (χ3n) is 4.36. The van der Waals surface area contributed by atoms with E-state index in [1.54, 1.807) is 43.3 Å². The van der Waals surface area contributed by atoms with Gasteiger partial charge < -0.3 is 14.5 Å². The van der Waals surface area contributed by atoms with Gasteiger partial charge in [-0.05, 0) is 37.3 Å². The van der Waals surface area contributed by atoms with E-state index in [2.05, 4.69) is 25.9 Å². The molecule has 8 nitrogen and oxygen atoms in total. The molecule has 2 aromatic carbocycles. The number of ether oxygens (including phenoxy) is 2. The second kappa shape index (κ2) is 9.69. The topological polar surface area (TPSA) is 102 Å². The molecule has 0 amide bonds. The van der Waals surface area contributed by atoms with Crippen molar-refractivity contribution in [2.45, 2.75) is 18.4 Å². The number of rotatable bonds is 9. The molecular formula is C20H22BrN3O5S. The van der Waals surface area contributed by atoms with Crippen molar-refractivity contribution in [1.29, 1.82) is 0 Å². The average Bonchev–Trinajstić information content (AvgIpc) is 2.72. The molecule has 0 bridgehead atoms. The summed E-state index contributed by atoms with van der Waals surface area (Å²) in [5.41, 5.74) is 0.176. The van der Waals surface area contributed by atoms with E-state index in [0.29, 0.717) is 22.0 Å². The SMILES string of the molecule is CCOc1ccc(Br)cc1S(=O)(=O)N(CCOC)Cc1nc2ccccc2c(=O)[nH]1. The lowest BCUT2D eigenvalue weighted by Crippen LogP contribution is -2.35. The van der Waals surface area contributed by atoms with E-state index in [9.17, 15) is 13.2 Å². The number of H-pyrrole nitrogens is 1. The maximum atomic E-state index is 13.5. The van der Waals surface area contributed by atoms with Gasteiger partial charge in [-0.2, -0.15) is 4.31 Å². The highest BCUT2D eigenvalue weighted by molar-refractivity contribution is 9.10. The van der Waals surface area contributed by atoms with E-state index in [4.69, 9.17) is 9.47 Å². The van der Waals surface area contributed by atoms with Crippen molar-refractivity contribution in [2.24, 2.45) is 0 Å². The fourth-order valence-corrected chi connectivity index (χ4v) is 5.01. The summed E-state index contributed by atoms with van der Waals surface area (Å²) in [7, 11) is -2.48. The summed E-state index contributed by atoms with van der Waals surface area (Å²) in [5, 5.41) is 0.443. The Morgan fingerprint density at radius 2 is 1.97 bits per heavy atom. The van der Waals surface area contributed by atoms with Crippen LogP contribution in [0.5, 0.6) is 5.75 Å². The molecule has 1 aromatic heterocycles. The minimum Gasteiger partial charge on any atom is -0.492 e. The van der Waals surface area contributed by atoms with Crippen LogP contribution in [0.1, 0.15) is 12.7 Å². The van der Waals surface area contributed by atoms with Crippen molar-refractivity contribution >= 4 is 36.9 Å². The molecule has 160 valence electrons. The summed E-state index contributed by atoms with van der Waals surface area (Å²) in [4.78, 5) is 19.5. The zero-order valence-electron chi connectivity index (χ0n) is 16.6. The first-order valence-electron chi connectivity index (χ1n) is 9.26. The van der Waals surface area contributed by atoms with Crippen LogP contribution in [0.4, 0.5) is 0 Å². The Kier molecular flexibility index (Phi) is 7.24. The minimum atomic E-state index is -3.98. The first-order valence-corrected chi connectivity index (χ1v) is 11.5. The van der Waals surface area contributed by atoms with E-state index in [0.717, 1.165) is 0 Å². The van der Waals surface area contributed by atoms with Gasteiger partial charge in [-0.1, -0.05) is 28.1 Å². The second-order valence-electron chi connectivity index (χ2n) is 6.39. The van der Waals surface area contributed by atoms with Gasteiger partial charge in [-0.3, -0.25) is 4.79 Å². The van der Waals surface area contributed by atoms with Gasteiger partial charge in [0, 0.05) is 18.1 Å². The van der Waals surface area contributed by atoms with Gasteiger partial charge in [0.15, 0.2) is 0 Å². The van der Waals surface area contributed by atoms with Gasteiger partial charge in [0.2, 0.25) is 10.0 Å². The Balaban J connectivity index is 2.04. The largest absolute Gasteiger partial charge is 0.492 e. The van der Waals surface area contributed by atoms with Crippen LogP contribution >= 0.6 is 15.9 Å². The number of hydrogen-bond donors (Lipinski definition) is 1. The summed E-state index contributed by atoms with van der Waals surface area (Å²) >= 11 is 3.32. The third-order valence-corrected chi connectivity index (χ3v) is 6.72. The normalized spacial score (nSPS) is 11.9. The van der Waals surface area contributed by atoms with Crippen LogP contribution in [0.15, 0.2) is 56.6 Å². The summed E-state index contributed by atoms with van der Waals surface area (Å²) in [6.07, 6.45) is 0. The van der Waals surface area contributed by atoms with E-state index < -0.39 is 10.0 Å². The number of nitrogens with zero attached hydrogens (tertiary/aromatic N) is 2. The van der Waals surface area contributed by atoms with E-state index in [1.807, 2.05) is 0 Å². The molecule has 0 radical (unpaired) electrons. The predicted octanol–water partition coefficient (Wildman–Crippen LogP) is 2.92. The van der Waals surface area contributed by atoms with Crippen LogP contribution in [0.3, 0.4) is 0 Å². The molecule has 0 saturated heterocycles. The highest BCUT2D eigenvalue weighted by Gasteiger charge is 2.29. The van der Waals surface area contributed by atoms with Gasteiger partial charge in [0.25, 0.3) is 5.56 Å². The average molecular weight is 496 g/mol. The van der Waals surface area contributed by atoms with Crippen LogP contribution in [0.25, 0.3) is 10.9 Å². The number of fused-ring (bicyclic) bond motifs is 1. The molecular weight excluding hydrogens is 474 g/mol. The minimum absolute atomic E-state index is 0.0259. The second-order valence-corrected chi connectivity index (χ2v) is 9.21. The maximum absolute atomic E-state index is 13.5. The maximum Gasteiger partial charge on any atom is 0.258 e. The fraction of sp³-hybridized carbons (Fsp3) is 0.300. The lowest BCUT2D eigenvalue weighted by Gasteiger charge is -2.23. The highest BCUT2D eigenvalue weighted by Crippen LogP contribution is 2.30. The van der Waals surface area contributed by atoms with Crippen molar-refractivity contribution in [2.75, 3.05) is 26.9 Å². The fourth-order valence-electron chi connectivity index (χ4n) is 2.95. The van der Waals surface area contributed by atoms with Crippen molar-refractivity contribution in [3.63, 3.8) is 0 Å². The standard InChI is InChI=1S/C20H22BrN3O5S/c1-3-29-17-9-8-14(21)12-18(17)30(26,27)24(10-11-28-2)13-19-22-16-7-5-4-6-15(16)20(25)23-19/h4-9,12H,3,10-11,13H2,1-2H3,(H,22,23,25). The molecule has 0 aliphatic heterocycles. The highest BCUT2D eigenvalue weighted by atomic mass is 79.9. The Hall–Kier alpha value is -2.27. The molecule has 1 heterocycles. The van der Waals surface area contributed by atoms with Crippen LogP contribution in [-0.4, -0.2) is 49.6 Å². The zero-order valence-corrected chi connectivity index (χ0v) is 19.0. The summed E-state index contributed by atoms with van der Waals surface area (Å²) < 4.78 is 39.4. The molecule has 0 spiro atoms. The van der Waals surface area contributed by atoms with Gasteiger partial charge in [-0.15, -0.1) is 0 Å². The van der Waals surface area contributed by atoms with Crippen LogP contribution in [-0.2, 0) is 21.3 Å². The Bertz CT molecular complexity index is 1200. The van der Waals surface area contributed by atoms with E-state index >= 15 is 0 Å². The molecule has 3 rings (SSSR count). The van der Waals surface area contributed by atoms with Gasteiger partial charge in [-0.25, -0.2) is 13.4 Å². The Labute approximate surface area is 183 Å². The number of aromatic nitrogens is 2. The van der Waals surface area contributed by atoms with Crippen molar-refractivity contribution < 1.29 is 17.9 Å². The number of halogens is 1. The van der Waals surface area contributed by atoms with Crippen LogP contribution in [0, 0.1) is 0 Å². The van der Waals surface area contributed by atoms with Gasteiger partial charge in [0.1, 0.15) is 16.5 Å². The smallest absolute Gasteiger partial charge is 0.258 e. The van der Waals surface area contributed by atoms with Gasteiger partial charge >= 0.3 is 0 Å². The monoisotopic (exact) mass is 495 g/mol. The van der Waals surface area contributed by atoms with Crippen molar-refractivity contribution in [3.8, 4) is 5.75 Å². The quantitative estimate of drug-likeness (QED) is 0.489. The van der Waals surface area contributed by atoms with Crippen LogP contribution in [0.2, 0.25) is 0 Å². The molecule has 1 N–H and O–H groups in total. The third kappa shape index (κ3) is 4.89. The molecule has 0 atom stereocenters. The number of benzene rings is 2. The molecule has 0 aliphatic rings.